The van der Waals surface area contributed by atoms with Crippen LogP contribution in [0, 0.1) is 22.7 Å². The van der Waals surface area contributed by atoms with Gasteiger partial charge >= 0.3 is 29.8 Å². The van der Waals surface area contributed by atoms with Gasteiger partial charge in [-0.15, -0.1) is 0 Å². The molecule has 1 fully saturated rings. The Labute approximate surface area is 278 Å². The highest BCUT2D eigenvalue weighted by molar-refractivity contribution is 5.71. The highest BCUT2D eigenvalue weighted by Gasteiger charge is 2.45. The van der Waals surface area contributed by atoms with E-state index in [1.165, 1.54) is 20.8 Å². The highest BCUT2D eigenvalue weighted by atomic mass is 16.7. The zero-order valence-electron chi connectivity index (χ0n) is 29.9. The average Bonchev–Trinajstić information content (AvgIpc) is 3.16. The molecule has 0 aromatic heterocycles. The molecule has 0 bridgehead atoms. The predicted octanol–water partition coefficient (Wildman–Crippen LogP) is 4.53. The van der Waals surface area contributed by atoms with Gasteiger partial charge in [0.2, 0.25) is 6.29 Å². The van der Waals surface area contributed by atoms with Gasteiger partial charge in [0.05, 0.1) is 18.9 Å². The molecule has 7 unspecified atom stereocenters. The SMILES string of the molecule is C=C1OC(C(O)COC(=O)CC(C)(C)C)C(C)=C1OC(C)=O.CC(=O)OC1OC(COC(=O)CC(C)(C)C)C(C)C(C)C1OC(C)=O. The van der Waals surface area contributed by atoms with E-state index in [0.717, 1.165) is 0 Å². The van der Waals surface area contributed by atoms with Crippen molar-refractivity contribution in [1.29, 1.82) is 0 Å². The lowest BCUT2D eigenvalue weighted by atomic mass is 9.83. The predicted molar refractivity (Wildman–Crippen MR) is 169 cm³/mol. The van der Waals surface area contributed by atoms with Crippen molar-refractivity contribution in [3.8, 4) is 0 Å². The van der Waals surface area contributed by atoms with Gasteiger partial charge in [-0.2, -0.15) is 0 Å². The van der Waals surface area contributed by atoms with Crippen LogP contribution in [0.15, 0.2) is 23.7 Å². The van der Waals surface area contributed by atoms with E-state index < -0.39 is 48.6 Å². The maximum atomic E-state index is 11.9. The molecule has 2 rings (SSSR count). The molecule has 0 radical (unpaired) electrons. The first-order chi connectivity index (χ1) is 21.4. The van der Waals surface area contributed by atoms with Gasteiger partial charge in [-0.3, -0.25) is 24.0 Å². The molecular formula is C34H54O13. The van der Waals surface area contributed by atoms with Crippen LogP contribution in [0.1, 0.15) is 95.9 Å². The molecule has 0 aromatic rings. The Morgan fingerprint density at radius 2 is 1.34 bits per heavy atom. The quantitative estimate of drug-likeness (QED) is 0.254. The smallest absolute Gasteiger partial charge is 0.308 e. The van der Waals surface area contributed by atoms with Crippen molar-refractivity contribution in [2.24, 2.45) is 22.7 Å². The molecule has 0 aromatic carbocycles. The van der Waals surface area contributed by atoms with E-state index in [2.05, 4.69) is 6.58 Å². The first kappa shape index (κ1) is 41.6. The zero-order chi connectivity index (χ0) is 36.4. The molecule has 47 heavy (non-hydrogen) atoms. The van der Waals surface area contributed by atoms with Crippen molar-refractivity contribution >= 4 is 29.8 Å². The highest BCUT2D eigenvalue weighted by Crippen LogP contribution is 2.34. The standard InChI is InChI=1S/C18H30O7.C16H24O6/c1-10-11(2)16(23-12(3)19)17(24-13(4)20)25-14(10)9-22-15(21)8-18(5,6)7;1-9-14(22-11(3)17)10(2)21-15(9)12(18)8-20-13(19)7-16(4,5)6/h10-11,14,16-17H,8-9H2,1-7H3;12,15,18H,2,7-8H2,1,3-6H3. The summed E-state index contributed by atoms with van der Waals surface area (Å²) in [5.74, 6) is -1.98. The summed E-state index contributed by atoms with van der Waals surface area (Å²) in [4.78, 5) is 57.3. The third-order valence-electron chi connectivity index (χ3n) is 7.17. The number of aliphatic hydroxyl groups is 1. The molecule has 0 spiro atoms. The molecule has 7 atom stereocenters. The lowest BCUT2D eigenvalue weighted by Gasteiger charge is -2.42. The Morgan fingerprint density at radius 1 is 0.830 bits per heavy atom. The summed E-state index contributed by atoms with van der Waals surface area (Å²) >= 11 is 0. The van der Waals surface area contributed by atoms with Crippen LogP contribution in [0.3, 0.4) is 0 Å². The summed E-state index contributed by atoms with van der Waals surface area (Å²) in [6.07, 6.45) is -3.41. The fourth-order valence-corrected chi connectivity index (χ4v) is 4.76. The third kappa shape index (κ3) is 14.9. The van der Waals surface area contributed by atoms with Crippen molar-refractivity contribution in [3.05, 3.63) is 23.7 Å². The lowest BCUT2D eigenvalue weighted by Crippen LogP contribution is -2.53. The summed E-state index contributed by atoms with van der Waals surface area (Å²) in [7, 11) is 0. The first-order valence-electron chi connectivity index (χ1n) is 15.7. The summed E-state index contributed by atoms with van der Waals surface area (Å²) in [6.45, 7) is 24.4. The average molecular weight is 671 g/mol. The van der Waals surface area contributed by atoms with Crippen LogP contribution < -0.4 is 0 Å². The number of ether oxygens (including phenoxy) is 7. The van der Waals surface area contributed by atoms with Crippen LogP contribution in [0.2, 0.25) is 0 Å². The molecule has 1 saturated heterocycles. The molecule has 2 aliphatic rings. The lowest BCUT2D eigenvalue weighted by molar-refractivity contribution is -0.271. The van der Waals surface area contributed by atoms with Gasteiger partial charge in [-0.1, -0.05) is 62.0 Å². The van der Waals surface area contributed by atoms with E-state index in [0.29, 0.717) is 12.0 Å². The number of hydrogen-bond acceptors (Lipinski definition) is 13. The van der Waals surface area contributed by atoms with Crippen molar-refractivity contribution < 1.29 is 62.2 Å². The second kappa shape index (κ2) is 17.6. The molecule has 268 valence electrons. The molecule has 0 amide bonds. The minimum absolute atomic E-state index is 0.0569. The minimum Gasteiger partial charge on any atom is -0.480 e. The van der Waals surface area contributed by atoms with Crippen molar-refractivity contribution in [3.63, 3.8) is 0 Å². The Hall–Kier alpha value is -3.45. The molecule has 1 N–H and O–H groups in total. The Morgan fingerprint density at radius 3 is 1.81 bits per heavy atom. The molecule has 0 aliphatic carbocycles. The van der Waals surface area contributed by atoms with Crippen LogP contribution in [0.5, 0.6) is 0 Å². The number of carbonyl (C=O) groups excluding carboxylic acids is 5. The van der Waals surface area contributed by atoms with Gasteiger partial charge in [-0.25, -0.2) is 0 Å². The summed E-state index contributed by atoms with van der Waals surface area (Å²) in [5.41, 5.74) is 0.197. The van der Waals surface area contributed by atoms with Crippen molar-refractivity contribution in [2.75, 3.05) is 13.2 Å². The Kier molecular flexibility index (Phi) is 15.6. The van der Waals surface area contributed by atoms with Gasteiger partial charge in [0.1, 0.15) is 19.3 Å². The Bertz CT molecular complexity index is 1170. The van der Waals surface area contributed by atoms with E-state index in [9.17, 15) is 29.1 Å². The van der Waals surface area contributed by atoms with Gasteiger partial charge in [0, 0.05) is 32.3 Å². The maximum Gasteiger partial charge on any atom is 0.308 e. The normalized spacial score (nSPS) is 25.0. The monoisotopic (exact) mass is 670 g/mol. The minimum atomic E-state index is -1.06. The van der Waals surface area contributed by atoms with E-state index in [1.54, 1.807) is 6.92 Å². The van der Waals surface area contributed by atoms with Crippen LogP contribution in [0.4, 0.5) is 0 Å². The van der Waals surface area contributed by atoms with Crippen LogP contribution >= 0.6 is 0 Å². The van der Waals surface area contributed by atoms with Crippen LogP contribution in [0.25, 0.3) is 0 Å². The molecule has 2 aliphatic heterocycles. The van der Waals surface area contributed by atoms with Crippen LogP contribution in [-0.2, 0) is 57.1 Å². The molecule has 13 heteroatoms. The largest absolute Gasteiger partial charge is 0.480 e. The number of hydrogen-bond donors (Lipinski definition) is 1. The summed E-state index contributed by atoms with van der Waals surface area (Å²) < 4.78 is 37.0. The fraction of sp³-hybridized carbons (Fsp3) is 0.735. The number of esters is 5. The van der Waals surface area contributed by atoms with Gasteiger partial charge in [-0.05, 0) is 23.7 Å². The molecule has 13 nitrogen and oxygen atoms in total. The van der Waals surface area contributed by atoms with Crippen molar-refractivity contribution in [1.82, 2.24) is 0 Å². The molecule has 0 saturated carbocycles. The van der Waals surface area contributed by atoms with Gasteiger partial charge < -0.3 is 38.3 Å². The Balaban J connectivity index is 0.000000474. The number of aliphatic hydroxyl groups excluding tert-OH is 1. The second-order valence-electron chi connectivity index (χ2n) is 14.4. The van der Waals surface area contributed by atoms with E-state index in [4.69, 9.17) is 33.2 Å². The van der Waals surface area contributed by atoms with Crippen LogP contribution in [-0.4, -0.2) is 78.9 Å². The number of rotatable bonds is 10. The zero-order valence-corrected chi connectivity index (χ0v) is 29.9. The maximum absolute atomic E-state index is 11.9. The molecular weight excluding hydrogens is 616 g/mol. The number of carbonyl (C=O) groups is 5. The summed E-state index contributed by atoms with van der Waals surface area (Å²) in [5, 5.41) is 10.1. The van der Waals surface area contributed by atoms with E-state index in [-0.39, 0.29) is 65.8 Å². The molecule has 2 heterocycles. The van der Waals surface area contributed by atoms with Gasteiger partial charge in [0.15, 0.2) is 23.7 Å². The van der Waals surface area contributed by atoms with E-state index >= 15 is 0 Å². The summed E-state index contributed by atoms with van der Waals surface area (Å²) in [6, 6.07) is 0. The third-order valence-corrected chi connectivity index (χ3v) is 7.17. The second-order valence-corrected chi connectivity index (χ2v) is 14.4. The van der Waals surface area contributed by atoms with E-state index in [1.807, 2.05) is 55.4 Å². The first-order valence-corrected chi connectivity index (χ1v) is 15.7. The fourth-order valence-electron chi connectivity index (χ4n) is 4.76. The van der Waals surface area contributed by atoms with Gasteiger partial charge in [0.25, 0.3) is 0 Å². The van der Waals surface area contributed by atoms with Crippen molar-refractivity contribution in [2.45, 2.75) is 127 Å². The topological polar surface area (TPSA) is 170 Å².